The number of ether oxygens (including phenoxy) is 2. The average molecular weight is 759 g/mol. The third kappa shape index (κ3) is 29.9. The van der Waals surface area contributed by atoms with Gasteiger partial charge in [0.15, 0.2) is 0 Å². The van der Waals surface area contributed by atoms with E-state index in [-0.39, 0.29) is 139 Å². The number of unbranched alkanes of at least 4 members (excludes halogenated alkanes) is 1. The molecule has 0 saturated carbocycles. The van der Waals surface area contributed by atoms with Crippen molar-refractivity contribution < 1.29 is 58.0 Å². The van der Waals surface area contributed by atoms with E-state index >= 15 is 0 Å². The van der Waals surface area contributed by atoms with Crippen LogP contribution in [0.15, 0.2) is 0 Å². The highest BCUT2D eigenvalue weighted by atomic mass is 16.5. The summed E-state index contributed by atoms with van der Waals surface area (Å²) in [4.78, 5) is 96.3. The lowest BCUT2D eigenvalue weighted by Crippen LogP contribution is -2.43. The van der Waals surface area contributed by atoms with Crippen LogP contribution in [0.3, 0.4) is 0 Å². The van der Waals surface area contributed by atoms with Gasteiger partial charge in [0.2, 0.25) is 35.4 Å². The molecule has 18 nitrogen and oxygen atoms in total. The predicted molar refractivity (Wildman–Crippen MR) is 193 cm³/mol. The van der Waals surface area contributed by atoms with Crippen molar-refractivity contribution in [2.45, 2.75) is 97.9 Å². The lowest BCUT2D eigenvalue weighted by Gasteiger charge is -2.23. The zero-order chi connectivity index (χ0) is 40.0. The molecule has 6 amide bonds. The molecular weight excluding hydrogens is 696 g/mol. The first-order valence-corrected chi connectivity index (χ1v) is 18.3. The van der Waals surface area contributed by atoms with Crippen molar-refractivity contribution in [1.29, 1.82) is 0 Å². The van der Waals surface area contributed by atoms with E-state index in [1.807, 2.05) is 27.7 Å². The number of rotatable bonds is 32. The molecule has 304 valence electrons. The van der Waals surface area contributed by atoms with Crippen molar-refractivity contribution in [2.75, 3.05) is 65.7 Å². The normalized spacial score (nSPS) is 11.4. The number of nitrogens with zero attached hydrogens (tertiary/aromatic N) is 1. The molecule has 7 N–H and O–H groups in total. The van der Waals surface area contributed by atoms with Gasteiger partial charge >= 0.3 is 11.9 Å². The molecular formula is C35H62N6O12. The van der Waals surface area contributed by atoms with E-state index < -0.39 is 23.9 Å². The van der Waals surface area contributed by atoms with Gasteiger partial charge in [-0.3, -0.25) is 33.6 Å². The molecule has 0 aromatic heterocycles. The molecule has 0 fully saturated rings. The summed E-state index contributed by atoms with van der Waals surface area (Å²) in [5, 5.41) is 31.2. The van der Waals surface area contributed by atoms with Gasteiger partial charge < -0.3 is 51.2 Å². The van der Waals surface area contributed by atoms with Gasteiger partial charge in [-0.05, 0) is 31.1 Å². The summed E-state index contributed by atoms with van der Waals surface area (Å²) in [5.74, 6) is -3.63. The molecule has 0 radical (unpaired) electrons. The number of hydrogen-bond acceptors (Lipinski definition) is 10. The van der Waals surface area contributed by atoms with Gasteiger partial charge in [0.25, 0.3) is 0 Å². The maximum atomic E-state index is 12.9. The van der Waals surface area contributed by atoms with E-state index in [4.69, 9.17) is 14.6 Å². The fourth-order valence-electron chi connectivity index (χ4n) is 4.66. The number of carbonyl (C=O) groups is 8. The maximum Gasteiger partial charge on any atom is 0.326 e. The van der Waals surface area contributed by atoms with E-state index in [9.17, 15) is 43.5 Å². The number of carbonyl (C=O) groups excluding carboxylic acids is 6. The minimum Gasteiger partial charge on any atom is -0.481 e. The number of hydrogen-bond donors (Lipinski definition) is 7. The SMILES string of the molecule is CC(C)CC(=O)NCCN(CCNC(=O)CC(C)C)C(=O)CCC(=O)NCCOCCOCCC(=O)NCCCC[C@H](NC(=O)CCC(=O)O)C(=O)O. The Bertz CT molecular complexity index is 1120. The fraction of sp³-hybridized carbons (Fsp3) is 0.771. The molecule has 0 aliphatic carbocycles. The minimum atomic E-state index is -1.22. The average Bonchev–Trinajstić information content (AvgIpc) is 3.06. The molecule has 0 heterocycles. The van der Waals surface area contributed by atoms with Gasteiger partial charge in [-0.2, -0.15) is 0 Å². The highest BCUT2D eigenvalue weighted by Gasteiger charge is 2.20. The van der Waals surface area contributed by atoms with Gasteiger partial charge in [0.1, 0.15) is 6.04 Å². The maximum absolute atomic E-state index is 12.9. The van der Waals surface area contributed by atoms with Gasteiger partial charge in [-0.1, -0.05) is 27.7 Å². The number of nitrogens with one attached hydrogen (secondary N) is 5. The summed E-state index contributed by atoms with van der Waals surface area (Å²) in [6, 6.07) is -1.13. The first-order chi connectivity index (χ1) is 25.1. The highest BCUT2D eigenvalue weighted by Crippen LogP contribution is 2.04. The van der Waals surface area contributed by atoms with Gasteiger partial charge in [0, 0.05) is 77.8 Å². The lowest BCUT2D eigenvalue weighted by molar-refractivity contribution is -0.142. The quantitative estimate of drug-likeness (QED) is 0.0454. The van der Waals surface area contributed by atoms with Crippen molar-refractivity contribution in [3.05, 3.63) is 0 Å². The summed E-state index contributed by atoms with van der Waals surface area (Å²) in [5.41, 5.74) is 0. The summed E-state index contributed by atoms with van der Waals surface area (Å²) in [6.07, 6.45) is 1.16. The molecule has 0 bridgehead atoms. The first kappa shape index (κ1) is 48.7. The Balaban J connectivity index is 4.14. The number of aliphatic carboxylic acids is 2. The number of amides is 6. The van der Waals surface area contributed by atoms with Crippen molar-refractivity contribution >= 4 is 47.4 Å². The molecule has 18 heteroatoms. The molecule has 0 rings (SSSR count). The molecule has 0 unspecified atom stereocenters. The van der Waals surface area contributed by atoms with Gasteiger partial charge in [0.05, 0.1) is 32.8 Å². The second kappa shape index (κ2) is 30.2. The molecule has 53 heavy (non-hydrogen) atoms. The number of carboxylic acids is 2. The van der Waals surface area contributed by atoms with E-state index in [0.29, 0.717) is 32.2 Å². The van der Waals surface area contributed by atoms with E-state index in [0.717, 1.165) is 0 Å². The molecule has 1 atom stereocenters. The highest BCUT2D eigenvalue weighted by molar-refractivity contribution is 5.85. The third-order valence-corrected chi connectivity index (χ3v) is 7.37. The van der Waals surface area contributed by atoms with Crippen LogP contribution in [0, 0.1) is 11.8 Å². The van der Waals surface area contributed by atoms with Crippen LogP contribution in [-0.2, 0) is 47.8 Å². The Morgan fingerprint density at radius 3 is 1.60 bits per heavy atom. The smallest absolute Gasteiger partial charge is 0.326 e. The summed E-state index contributed by atoms with van der Waals surface area (Å²) >= 11 is 0. The minimum absolute atomic E-state index is 0.0306. The predicted octanol–water partition coefficient (Wildman–Crippen LogP) is 0.180. The van der Waals surface area contributed by atoms with Crippen molar-refractivity contribution in [2.24, 2.45) is 11.8 Å². The number of carboxylic acid groups (broad SMARTS) is 2. The van der Waals surface area contributed by atoms with Crippen LogP contribution in [0.25, 0.3) is 0 Å². The summed E-state index contributed by atoms with van der Waals surface area (Å²) in [7, 11) is 0. The lowest BCUT2D eigenvalue weighted by atomic mass is 10.1. The van der Waals surface area contributed by atoms with Gasteiger partial charge in [-0.25, -0.2) is 4.79 Å². The van der Waals surface area contributed by atoms with E-state index in [2.05, 4.69) is 26.6 Å². The van der Waals surface area contributed by atoms with Crippen LogP contribution in [0.5, 0.6) is 0 Å². The Hall–Kier alpha value is -4.32. The summed E-state index contributed by atoms with van der Waals surface area (Å²) in [6.45, 7) is 10.2. The molecule has 0 aliphatic rings. The van der Waals surface area contributed by atoms with Crippen LogP contribution in [0.4, 0.5) is 0 Å². The van der Waals surface area contributed by atoms with E-state index in [1.165, 1.54) is 4.90 Å². The third-order valence-electron chi connectivity index (χ3n) is 7.37. The van der Waals surface area contributed by atoms with Crippen LogP contribution < -0.4 is 26.6 Å². The Morgan fingerprint density at radius 2 is 1.06 bits per heavy atom. The second-order valence-electron chi connectivity index (χ2n) is 13.3. The Morgan fingerprint density at radius 1 is 0.547 bits per heavy atom. The van der Waals surface area contributed by atoms with Crippen LogP contribution in [0.2, 0.25) is 0 Å². The molecule has 0 aliphatic heterocycles. The zero-order valence-electron chi connectivity index (χ0n) is 31.8. The Labute approximate surface area is 312 Å². The van der Waals surface area contributed by atoms with Crippen LogP contribution >= 0.6 is 0 Å². The fourth-order valence-corrected chi connectivity index (χ4v) is 4.66. The molecule has 0 aromatic rings. The molecule has 0 aromatic carbocycles. The first-order valence-electron chi connectivity index (χ1n) is 18.3. The zero-order valence-corrected chi connectivity index (χ0v) is 31.8. The van der Waals surface area contributed by atoms with Crippen LogP contribution in [0.1, 0.15) is 91.9 Å². The van der Waals surface area contributed by atoms with Crippen molar-refractivity contribution in [3.63, 3.8) is 0 Å². The molecule has 0 spiro atoms. The monoisotopic (exact) mass is 758 g/mol. The molecule has 0 saturated heterocycles. The van der Waals surface area contributed by atoms with Gasteiger partial charge in [-0.15, -0.1) is 0 Å². The van der Waals surface area contributed by atoms with Crippen molar-refractivity contribution in [1.82, 2.24) is 31.5 Å². The Kier molecular flexibility index (Phi) is 27.7. The second-order valence-corrected chi connectivity index (χ2v) is 13.3. The topological polar surface area (TPSA) is 259 Å². The van der Waals surface area contributed by atoms with Crippen molar-refractivity contribution in [3.8, 4) is 0 Å². The van der Waals surface area contributed by atoms with Crippen LogP contribution in [-0.4, -0.2) is 134 Å². The largest absolute Gasteiger partial charge is 0.481 e. The van der Waals surface area contributed by atoms with E-state index in [1.54, 1.807) is 0 Å². The summed E-state index contributed by atoms with van der Waals surface area (Å²) < 4.78 is 10.8. The standard InChI is InChI=1S/C35H62N6O12/c1-25(2)23-31(45)37-14-17-41(18-15-38-32(46)24-26(3)4)33(47)10-8-28(42)39-16-20-53-22-21-52-19-12-29(43)36-13-6-5-7-27(35(50)51)40-30(44)9-11-34(48)49/h25-27H,5-24H2,1-4H3,(H,36,43)(H,37,45)(H,38,46)(H,39,42)(H,40,44)(H,48,49)(H,50,51)/t27-/m0/s1.